The fourth-order valence-corrected chi connectivity index (χ4v) is 2.19. The van der Waals surface area contributed by atoms with Gasteiger partial charge in [0.1, 0.15) is 0 Å². The topological polar surface area (TPSA) is 12.9 Å². The van der Waals surface area contributed by atoms with E-state index in [1.165, 1.54) is 16.2 Å². The molecule has 1 heterocycles. The molecular formula is C19H15N. The predicted octanol–water partition coefficient (Wildman–Crippen LogP) is 5.07. The summed E-state index contributed by atoms with van der Waals surface area (Å²) in [5, 5.41) is 3.70. The summed E-state index contributed by atoms with van der Waals surface area (Å²) >= 11 is 0. The van der Waals surface area contributed by atoms with Gasteiger partial charge in [0.15, 0.2) is 0 Å². The molecule has 0 aliphatic carbocycles. The Bertz CT molecular complexity index is 725. The van der Waals surface area contributed by atoms with Crippen LogP contribution in [0.15, 0.2) is 91.1 Å². The molecule has 0 atom stereocenters. The Labute approximate surface area is 118 Å². The normalized spacial score (nSPS) is 10.0. The van der Waals surface area contributed by atoms with Crippen LogP contribution in [-0.2, 0) is 0 Å². The van der Waals surface area contributed by atoms with E-state index in [-0.39, 0.29) is 0 Å². The lowest BCUT2D eigenvalue weighted by Gasteiger charge is -2.01. The number of benzene rings is 3. The van der Waals surface area contributed by atoms with E-state index in [2.05, 4.69) is 35.3 Å². The number of aromatic nitrogens is 1. The van der Waals surface area contributed by atoms with Crippen LogP contribution >= 0.6 is 0 Å². The molecule has 0 saturated carbocycles. The van der Waals surface area contributed by atoms with Gasteiger partial charge in [0.05, 0.1) is 5.52 Å². The number of rotatable bonds is 0. The lowest BCUT2D eigenvalue weighted by Crippen LogP contribution is -1.80. The highest BCUT2D eigenvalue weighted by Gasteiger charge is 1.98. The minimum atomic E-state index is 1.06. The average Bonchev–Trinajstić information content (AvgIpc) is 2.57. The van der Waals surface area contributed by atoms with Crippen LogP contribution in [-0.4, -0.2) is 4.98 Å². The maximum Gasteiger partial charge on any atom is 0.0708 e. The van der Waals surface area contributed by atoms with E-state index in [1.807, 2.05) is 60.8 Å². The highest BCUT2D eigenvalue weighted by atomic mass is 14.6. The van der Waals surface area contributed by atoms with Gasteiger partial charge in [-0.05, 0) is 11.5 Å². The second-order valence-corrected chi connectivity index (χ2v) is 4.52. The third-order valence-electron chi connectivity index (χ3n) is 3.16. The van der Waals surface area contributed by atoms with Gasteiger partial charge in [-0.25, -0.2) is 0 Å². The molecule has 0 N–H and O–H groups in total. The first-order valence-corrected chi connectivity index (χ1v) is 6.68. The van der Waals surface area contributed by atoms with Crippen LogP contribution in [0, 0.1) is 0 Å². The van der Waals surface area contributed by atoms with Crippen molar-refractivity contribution in [2.75, 3.05) is 0 Å². The van der Waals surface area contributed by atoms with Crippen molar-refractivity contribution in [2.24, 2.45) is 0 Å². The zero-order valence-corrected chi connectivity index (χ0v) is 11.1. The Hall–Kier alpha value is -2.67. The molecule has 1 heteroatoms. The van der Waals surface area contributed by atoms with Crippen molar-refractivity contribution in [2.45, 2.75) is 0 Å². The molecule has 0 fully saturated rings. The van der Waals surface area contributed by atoms with Crippen molar-refractivity contribution in [1.82, 2.24) is 4.98 Å². The average molecular weight is 257 g/mol. The summed E-state index contributed by atoms with van der Waals surface area (Å²) in [5.74, 6) is 0. The summed E-state index contributed by atoms with van der Waals surface area (Å²) in [6.07, 6.45) is 1.93. The number of hydrogen-bond acceptors (Lipinski definition) is 1. The molecule has 0 bridgehead atoms. The molecule has 4 rings (SSSR count). The summed E-state index contributed by atoms with van der Waals surface area (Å²) in [6, 6.07) is 28.6. The summed E-state index contributed by atoms with van der Waals surface area (Å²) < 4.78 is 0. The second kappa shape index (κ2) is 5.98. The summed E-state index contributed by atoms with van der Waals surface area (Å²) in [4.78, 5) is 4.41. The largest absolute Gasteiger partial charge is 0.256 e. The van der Waals surface area contributed by atoms with E-state index in [4.69, 9.17) is 0 Å². The van der Waals surface area contributed by atoms with Crippen LogP contribution in [0.2, 0.25) is 0 Å². The predicted molar refractivity (Wildman–Crippen MR) is 85.7 cm³/mol. The van der Waals surface area contributed by atoms with Crippen molar-refractivity contribution < 1.29 is 0 Å². The monoisotopic (exact) mass is 257 g/mol. The molecule has 0 amide bonds. The zero-order valence-electron chi connectivity index (χ0n) is 11.1. The number of hydrogen-bond donors (Lipinski definition) is 0. The minimum absolute atomic E-state index is 1.06. The summed E-state index contributed by atoms with van der Waals surface area (Å²) in [6.45, 7) is 0. The maximum absolute atomic E-state index is 4.41. The molecule has 1 nitrogen and oxygen atoms in total. The van der Waals surface area contributed by atoms with E-state index in [0.29, 0.717) is 0 Å². The third-order valence-corrected chi connectivity index (χ3v) is 3.16. The van der Waals surface area contributed by atoms with Gasteiger partial charge >= 0.3 is 0 Å². The van der Waals surface area contributed by atoms with E-state index >= 15 is 0 Å². The molecule has 20 heavy (non-hydrogen) atoms. The standard InChI is InChI=1S/C13H9N.C6H6/c1-2-6-11-10(5-1)9-14-13-8-4-3-7-12(11)13;1-2-4-6-5-3-1/h1-9H;1-6H. The lowest BCUT2D eigenvalue weighted by atomic mass is 10.1. The zero-order chi connectivity index (χ0) is 13.6. The van der Waals surface area contributed by atoms with Crippen molar-refractivity contribution >= 4 is 21.7 Å². The van der Waals surface area contributed by atoms with Crippen LogP contribution in [0.1, 0.15) is 0 Å². The Balaban J connectivity index is 0.000000170. The van der Waals surface area contributed by atoms with Gasteiger partial charge in [0.2, 0.25) is 0 Å². The van der Waals surface area contributed by atoms with E-state index in [1.54, 1.807) is 0 Å². The first-order chi connectivity index (χ1) is 9.95. The molecule has 0 aliphatic rings. The molecule has 0 spiro atoms. The molecule has 0 aliphatic heterocycles. The molecule has 0 saturated heterocycles. The van der Waals surface area contributed by atoms with Gasteiger partial charge in [-0.3, -0.25) is 4.98 Å². The van der Waals surface area contributed by atoms with Crippen LogP contribution in [0.5, 0.6) is 0 Å². The molecule has 96 valence electrons. The Morgan fingerprint density at radius 2 is 1.05 bits per heavy atom. The number of para-hydroxylation sites is 1. The molecule has 0 radical (unpaired) electrons. The van der Waals surface area contributed by atoms with Crippen molar-refractivity contribution in [3.63, 3.8) is 0 Å². The highest BCUT2D eigenvalue weighted by molar-refractivity contribution is 6.05. The molecule has 1 aromatic heterocycles. The van der Waals surface area contributed by atoms with Gasteiger partial charge in [-0.1, -0.05) is 78.9 Å². The van der Waals surface area contributed by atoms with Crippen LogP contribution < -0.4 is 0 Å². The highest BCUT2D eigenvalue weighted by Crippen LogP contribution is 2.22. The Kier molecular flexibility index (Phi) is 3.70. The van der Waals surface area contributed by atoms with Crippen LogP contribution in [0.3, 0.4) is 0 Å². The van der Waals surface area contributed by atoms with E-state index < -0.39 is 0 Å². The number of pyridine rings is 1. The van der Waals surface area contributed by atoms with Gasteiger partial charge in [0.25, 0.3) is 0 Å². The third kappa shape index (κ3) is 2.67. The number of nitrogens with zero attached hydrogens (tertiary/aromatic N) is 1. The van der Waals surface area contributed by atoms with E-state index in [0.717, 1.165) is 5.52 Å². The molecule has 0 unspecified atom stereocenters. The quantitative estimate of drug-likeness (QED) is 0.400. The minimum Gasteiger partial charge on any atom is -0.256 e. The van der Waals surface area contributed by atoms with Crippen molar-refractivity contribution in [3.8, 4) is 0 Å². The fourth-order valence-electron chi connectivity index (χ4n) is 2.19. The first-order valence-electron chi connectivity index (χ1n) is 6.68. The number of fused-ring (bicyclic) bond motifs is 3. The first kappa shape index (κ1) is 12.4. The van der Waals surface area contributed by atoms with Gasteiger partial charge < -0.3 is 0 Å². The smallest absolute Gasteiger partial charge is 0.0708 e. The second-order valence-electron chi connectivity index (χ2n) is 4.52. The summed E-state index contributed by atoms with van der Waals surface area (Å²) in [7, 11) is 0. The van der Waals surface area contributed by atoms with E-state index in [9.17, 15) is 0 Å². The van der Waals surface area contributed by atoms with Crippen molar-refractivity contribution in [3.05, 3.63) is 91.1 Å². The SMILES string of the molecule is c1ccc2c(c1)cnc1ccccc12.c1ccccc1. The maximum atomic E-state index is 4.41. The van der Waals surface area contributed by atoms with Gasteiger partial charge in [0, 0.05) is 17.0 Å². The molecule has 3 aromatic carbocycles. The van der Waals surface area contributed by atoms with Gasteiger partial charge in [-0.15, -0.1) is 0 Å². The summed E-state index contributed by atoms with van der Waals surface area (Å²) in [5.41, 5.74) is 1.06. The fraction of sp³-hybridized carbons (Fsp3) is 0. The van der Waals surface area contributed by atoms with Crippen LogP contribution in [0.25, 0.3) is 21.7 Å². The van der Waals surface area contributed by atoms with Gasteiger partial charge in [-0.2, -0.15) is 0 Å². The lowest BCUT2D eigenvalue weighted by molar-refractivity contribution is 1.44. The van der Waals surface area contributed by atoms with Crippen LogP contribution in [0.4, 0.5) is 0 Å². The molecule has 4 aromatic rings. The Morgan fingerprint density at radius 1 is 0.500 bits per heavy atom. The van der Waals surface area contributed by atoms with Crippen molar-refractivity contribution in [1.29, 1.82) is 0 Å². The molecular weight excluding hydrogens is 242 g/mol. The Morgan fingerprint density at radius 3 is 1.75 bits per heavy atom.